The van der Waals surface area contributed by atoms with E-state index in [9.17, 15) is 4.79 Å². The molecule has 4 aromatic rings. The summed E-state index contributed by atoms with van der Waals surface area (Å²) in [5, 5.41) is 5.07. The molecule has 1 aromatic carbocycles. The van der Waals surface area contributed by atoms with Crippen LogP contribution in [-0.4, -0.2) is 45.0 Å². The molecule has 4 heterocycles. The van der Waals surface area contributed by atoms with Gasteiger partial charge in [-0.05, 0) is 50.2 Å². The third-order valence-corrected chi connectivity index (χ3v) is 6.15. The SMILES string of the molecule is O=C(Cn1c(-c2cscn2)nc2ccccc21)NC[C@H](c1ccco1)N1CCCC1. The van der Waals surface area contributed by atoms with Crippen molar-refractivity contribution in [2.45, 2.75) is 25.4 Å². The van der Waals surface area contributed by atoms with E-state index in [1.807, 2.05) is 46.3 Å². The number of fused-ring (bicyclic) bond motifs is 1. The monoisotopic (exact) mass is 421 g/mol. The number of hydrogen-bond acceptors (Lipinski definition) is 6. The number of para-hydroxylation sites is 2. The van der Waals surface area contributed by atoms with Crippen LogP contribution in [0.15, 0.2) is 58.0 Å². The number of aromatic nitrogens is 3. The molecule has 1 aliphatic heterocycles. The van der Waals surface area contributed by atoms with Crippen molar-refractivity contribution in [3.63, 3.8) is 0 Å². The number of carbonyl (C=O) groups is 1. The lowest BCUT2D eigenvalue weighted by Crippen LogP contribution is -2.38. The predicted octanol–water partition coefficient (Wildman–Crippen LogP) is 3.71. The fourth-order valence-corrected chi connectivity index (χ4v) is 4.64. The molecule has 5 rings (SSSR count). The number of carbonyl (C=O) groups excluding carboxylic acids is 1. The summed E-state index contributed by atoms with van der Waals surface area (Å²) in [6.07, 6.45) is 4.06. The van der Waals surface area contributed by atoms with Crippen LogP contribution in [0.3, 0.4) is 0 Å². The molecule has 1 atom stereocenters. The van der Waals surface area contributed by atoms with Crippen molar-refractivity contribution in [2.24, 2.45) is 0 Å². The summed E-state index contributed by atoms with van der Waals surface area (Å²) in [5.41, 5.74) is 4.36. The lowest BCUT2D eigenvalue weighted by atomic mass is 10.2. The maximum absolute atomic E-state index is 12.9. The molecule has 7 nitrogen and oxygen atoms in total. The molecule has 0 saturated carbocycles. The van der Waals surface area contributed by atoms with Crippen molar-refractivity contribution in [1.82, 2.24) is 24.8 Å². The third-order valence-electron chi connectivity index (χ3n) is 5.56. The Morgan fingerprint density at radius 3 is 2.83 bits per heavy atom. The summed E-state index contributed by atoms with van der Waals surface area (Å²) in [5.74, 6) is 1.56. The van der Waals surface area contributed by atoms with Crippen LogP contribution >= 0.6 is 11.3 Å². The lowest BCUT2D eigenvalue weighted by Gasteiger charge is -2.26. The van der Waals surface area contributed by atoms with Crippen molar-refractivity contribution >= 4 is 28.3 Å². The van der Waals surface area contributed by atoms with Gasteiger partial charge in [0.2, 0.25) is 5.91 Å². The van der Waals surface area contributed by atoms with Crippen molar-refractivity contribution in [1.29, 1.82) is 0 Å². The van der Waals surface area contributed by atoms with Gasteiger partial charge in [0.1, 0.15) is 18.0 Å². The van der Waals surface area contributed by atoms with Crippen molar-refractivity contribution < 1.29 is 9.21 Å². The van der Waals surface area contributed by atoms with E-state index in [1.165, 1.54) is 24.2 Å². The maximum Gasteiger partial charge on any atom is 0.240 e. The first-order chi connectivity index (χ1) is 14.8. The van der Waals surface area contributed by atoms with Gasteiger partial charge in [0.05, 0.1) is 28.8 Å². The molecule has 1 aliphatic rings. The average molecular weight is 422 g/mol. The van der Waals surface area contributed by atoms with E-state index in [1.54, 1.807) is 11.8 Å². The summed E-state index contributed by atoms with van der Waals surface area (Å²) < 4.78 is 7.60. The van der Waals surface area contributed by atoms with Gasteiger partial charge < -0.3 is 14.3 Å². The van der Waals surface area contributed by atoms with Gasteiger partial charge in [0, 0.05) is 11.9 Å². The van der Waals surface area contributed by atoms with Crippen LogP contribution in [0.2, 0.25) is 0 Å². The molecular formula is C22H23N5O2S. The number of amides is 1. The van der Waals surface area contributed by atoms with Crippen molar-refractivity contribution in [3.05, 3.63) is 59.3 Å². The molecule has 0 bridgehead atoms. The van der Waals surface area contributed by atoms with Gasteiger partial charge in [-0.2, -0.15) is 0 Å². The normalized spacial score (nSPS) is 15.6. The molecule has 0 unspecified atom stereocenters. The average Bonchev–Trinajstić information content (AvgIpc) is 3.55. The molecule has 30 heavy (non-hydrogen) atoms. The Kier molecular flexibility index (Phi) is 5.33. The molecule has 1 fully saturated rings. The number of furan rings is 1. The fraction of sp³-hybridized carbons (Fsp3) is 0.318. The summed E-state index contributed by atoms with van der Waals surface area (Å²) in [4.78, 5) is 24.4. The zero-order valence-electron chi connectivity index (χ0n) is 16.5. The minimum absolute atomic E-state index is 0.0506. The molecule has 0 aliphatic carbocycles. The van der Waals surface area contributed by atoms with Gasteiger partial charge in [-0.3, -0.25) is 9.69 Å². The zero-order chi connectivity index (χ0) is 20.3. The molecule has 8 heteroatoms. The van der Waals surface area contributed by atoms with E-state index in [2.05, 4.69) is 15.2 Å². The second-order valence-corrected chi connectivity index (χ2v) is 8.18. The highest BCUT2D eigenvalue weighted by Crippen LogP contribution is 2.26. The highest BCUT2D eigenvalue weighted by molar-refractivity contribution is 7.07. The van der Waals surface area contributed by atoms with Gasteiger partial charge in [0.25, 0.3) is 0 Å². The summed E-state index contributed by atoms with van der Waals surface area (Å²) in [6.45, 7) is 2.77. The van der Waals surface area contributed by atoms with Gasteiger partial charge in [-0.25, -0.2) is 9.97 Å². The maximum atomic E-state index is 12.9. The first-order valence-electron chi connectivity index (χ1n) is 10.2. The number of benzene rings is 1. The van der Waals surface area contributed by atoms with E-state index in [0.29, 0.717) is 6.54 Å². The third kappa shape index (κ3) is 3.76. The Labute approximate surface area is 178 Å². The number of hydrogen-bond donors (Lipinski definition) is 1. The number of nitrogens with one attached hydrogen (secondary N) is 1. The molecule has 154 valence electrons. The Bertz CT molecular complexity index is 1110. The van der Waals surface area contributed by atoms with Crippen molar-refractivity contribution in [3.8, 4) is 11.5 Å². The smallest absolute Gasteiger partial charge is 0.240 e. The summed E-state index contributed by atoms with van der Waals surface area (Å²) >= 11 is 1.52. The van der Waals surface area contributed by atoms with Crippen LogP contribution < -0.4 is 5.32 Å². The Morgan fingerprint density at radius 1 is 1.20 bits per heavy atom. The lowest BCUT2D eigenvalue weighted by molar-refractivity contribution is -0.121. The first kappa shape index (κ1) is 19.0. The summed E-state index contributed by atoms with van der Waals surface area (Å²) in [6, 6.07) is 11.8. The van der Waals surface area contributed by atoms with E-state index in [4.69, 9.17) is 9.40 Å². The summed E-state index contributed by atoms with van der Waals surface area (Å²) in [7, 11) is 0. The molecule has 0 spiro atoms. The van der Waals surface area contributed by atoms with Crippen LogP contribution in [0.5, 0.6) is 0 Å². The van der Waals surface area contributed by atoms with Gasteiger partial charge in [-0.1, -0.05) is 12.1 Å². The fourth-order valence-electron chi connectivity index (χ4n) is 4.11. The van der Waals surface area contributed by atoms with Crippen LogP contribution in [0, 0.1) is 0 Å². The van der Waals surface area contributed by atoms with Crippen LogP contribution in [0.4, 0.5) is 0 Å². The predicted molar refractivity (Wildman–Crippen MR) is 116 cm³/mol. The number of likely N-dealkylation sites (tertiary alicyclic amines) is 1. The van der Waals surface area contributed by atoms with Crippen LogP contribution in [0.1, 0.15) is 24.6 Å². The number of rotatable bonds is 7. The van der Waals surface area contributed by atoms with Crippen molar-refractivity contribution in [2.75, 3.05) is 19.6 Å². The van der Waals surface area contributed by atoms with Gasteiger partial charge >= 0.3 is 0 Å². The van der Waals surface area contributed by atoms with E-state index in [0.717, 1.165) is 41.4 Å². The minimum Gasteiger partial charge on any atom is -0.468 e. The van der Waals surface area contributed by atoms with E-state index in [-0.39, 0.29) is 18.5 Å². The van der Waals surface area contributed by atoms with E-state index >= 15 is 0 Å². The molecular weight excluding hydrogens is 398 g/mol. The largest absolute Gasteiger partial charge is 0.468 e. The second-order valence-electron chi connectivity index (χ2n) is 7.46. The second kappa shape index (κ2) is 8.41. The molecule has 1 saturated heterocycles. The van der Waals surface area contributed by atoms with Crippen LogP contribution in [-0.2, 0) is 11.3 Å². The highest BCUT2D eigenvalue weighted by atomic mass is 32.1. The molecule has 1 amide bonds. The quantitative estimate of drug-likeness (QED) is 0.492. The molecule has 0 radical (unpaired) electrons. The Balaban J connectivity index is 1.35. The zero-order valence-corrected chi connectivity index (χ0v) is 17.3. The van der Waals surface area contributed by atoms with Gasteiger partial charge in [-0.15, -0.1) is 11.3 Å². The number of thiazole rings is 1. The molecule has 1 N–H and O–H groups in total. The first-order valence-corrected chi connectivity index (χ1v) is 11.1. The Hall–Kier alpha value is -2.97. The van der Waals surface area contributed by atoms with Crippen LogP contribution in [0.25, 0.3) is 22.6 Å². The molecule has 3 aromatic heterocycles. The number of imidazole rings is 1. The standard InChI is InChI=1S/C22H23N5O2S/c28-21(23-12-19(20-8-5-11-29-20)26-9-3-4-10-26)13-27-18-7-2-1-6-16(18)25-22(27)17-14-30-15-24-17/h1-2,5-8,11,14-15,19H,3-4,9-10,12-13H2,(H,23,28)/t19-/m1/s1. The topological polar surface area (TPSA) is 76.2 Å². The van der Waals surface area contributed by atoms with Gasteiger partial charge in [0.15, 0.2) is 5.82 Å². The highest BCUT2D eigenvalue weighted by Gasteiger charge is 2.26. The number of nitrogens with zero attached hydrogens (tertiary/aromatic N) is 4. The van der Waals surface area contributed by atoms with E-state index < -0.39 is 0 Å². The Morgan fingerprint density at radius 2 is 2.07 bits per heavy atom. The minimum atomic E-state index is -0.0506.